The predicted molar refractivity (Wildman–Crippen MR) is 129 cm³/mol. The molecule has 0 aliphatic carbocycles. The van der Waals surface area contributed by atoms with Gasteiger partial charge in [-0.1, -0.05) is 44.2 Å². The first-order valence-corrected chi connectivity index (χ1v) is 11.4. The lowest BCUT2D eigenvalue weighted by molar-refractivity contribution is -0.138. The van der Waals surface area contributed by atoms with Gasteiger partial charge < -0.3 is 37.8 Å². The Labute approximate surface area is 204 Å². The standard InChI is InChI=1S/C23H36N6O6/c1-14(2)11-17(28-20(32)16(24)9-6-10-26-23(25)35)22(34)29-18(21(33)27-13-19(30)31)12-15-7-4-3-5-8-15/h3-5,7-8,14,16-18H,6,9-13,24H2,1-2H3,(H,27,33)(H,28,32)(H,29,34)(H,30,31)(H3,25,26,35)/t16-,17-,18-/m0/s1. The van der Waals surface area contributed by atoms with Gasteiger partial charge in [0.15, 0.2) is 0 Å². The van der Waals surface area contributed by atoms with E-state index in [9.17, 15) is 24.0 Å². The number of carboxylic acids is 1. The van der Waals surface area contributed by atoms with E-state index in [0.29, 0.717) is 12.8 Å². The second kappa shape index (κ2) is 15.3. The number of rotatable bonds is 15. The molecule has 194 valence electrons. The van der Waals surface area contributed by atoms with E-state index in [0.717, 1.165) is 5.56 Å². The molecule has 0 spiro atoms. The molecule has 0 heterocycles. The van der Waals surface area contributed by atoms with Crippen LogP contribution in [-0.2, 0) is 25.6 Å². The van der Waals surface area contributed by atoms with Gasteiger partial charge in [0.2, 0.25) is 17.7 Å². The van der Waals surface area contributed by atoms with Crippen molar-refractivity contribution in [3.05, 3.63) is 35.9 Å². The van der Waals surface area contributed by atoms with Crippen molar-refractivity contribution in [2.75, 3.05) is 13.1 Å². The van der Waals surface area contributed by atoms with E-state index < -0.39 is 54.4 Å². The number of carbonyl (C=O) groups is 5. The average molecular weight is 493 g/mol. The number of hydrogen-bond acceptors (Lipinski definition) is 6. The van der Waals surface area contributed by atoms with E-state index in [4.69, 9.17) is 16.6 Å². The molecule has 3 atom stereocenters. The quantitative estimate of drug-likeness (QED) is 0.155. The van der Waals surface area contributed by atoms with Gasteiger partial charge >= 0.3 is 12.0 Å². The summed E-state index contributed by atoms with van der Waals surface area (Å²) in [5, 5.41) is 18.8. The number of nitrogens with one attached hydrogen (secondary N) is 4. The number of hydrogen-bond donors (Lipinski definition) is 7. The molecule has 1 aromatic rings. The van der Waals surface area contributed by atoms with Crippen LogP contribution in [0.3, 0.4) is 0 Å². The van der Waals surface area contributed by atoms with E-state index in [1.807, 2.05) is 19.9 Å². The van der Waals surface area contributed by atoms with E-state index in [-0.39, 0.29) is 25.3 Å². The molecule has 12 heteroatoms. The highest BCUT2D eigenvalue weighted by Gasteiger charge is 2.29. The lowest BCUT2D eigenvalue weighted by Gasteiger charge is -2.25. The maximum atomic E-state index is 13.1. The molecular weight excluding hydrogens is 456 g/mol. The number of amides is 5. The summed E-state index contributed by atoms with van der Waals surface area (Å²) in [4.78, 5) is 59.9. The minimum atomic E-state index is -1.21. The second-order valence-electron chi connectivity index (χ2n) is 8.59. The predicted octanol–water partition coefficient (Wildman–Crippen LogP) is -0.779. The van der Waals surface area contributed by atoms with Crippen LogP contribution in [0.5, 0.6) is 0 Å². The van der Waals surface area contributed by atoms with Crippen molar-refractivity contribution < 1.29 is 29.1 Å². The number of urea groups is 1. The zero-order valence-corrected chi connectivity index (χ0v) is 20.1. The van der Waals surface area contributed by atoms with Gasteiger partial charge in [0, 0.05) is 13.0 Å². The zero-order valence-electron chi connectivity index (χ0n) is 20.1. The molecule has 12 nitrogen and oxygen atoms in total. The Hall–Kier alpha value is -3.67. The Morgan fingerprint density at radius 3 is 2.11 bits per heavy atom. The van der Waals surface area contributed by atoms with Gasteiger partial charge in [-0.05, 0) is 30.7 Å². The van der Waals surface area contributed by atoms with Gasteiger partial charge in [-0.15, -0.1) is 0 Å². The molecule has 0 radical (unpaired) electrons. The van der Waals surface area contributed by atoms with Gasteiger partial charge in [-0.3, -0.25) is 19.2 Å². The van der Waals surface area contributed by atoms with Crippen LogP contribution in [0.2, 0.25) is 0 Å². The number of nitrogens with two attached hydrogens (primary N) is 2. The largest absolute Gasteiger partial charge is 0.480 e. The first-order valence-electron chi connectivity index (χ1n) is 11.4. The van der Waals surface area contributed by atoms with Crippen LogP contribution < -0.4 is 32.7 Å². The van der Waals surface area contributed by atoms with Crippen molar-refractivity contribution >= 4 is 29.7 Å². The van der Waals surface area contributed by atoms with Crippen molar-refractivity contribution in [3.63, 3.8) is 0 Å². The number of carbonyl (C=O) groups excluding carboxylic acids is 4. The number of aliphatic carboxylic acids is 1. The topological polar surface area (TPSA) is 206 Å². The summed E-state index contributed by atoms with van der Waals surface area (Å²) < 4.78 is 0. The van der Waals surface area contributed by atoms with Crippen LogP contribution in [0.25, 0.3) is 0 Å². The molecule has 0 saturated heterocycles. The summed E-state index contributed by atoms with van der Waals surface area (Å²) in [6, 6.07) is 5.35. The van der Waals surface area contributed by atoms with Crippen LogP contribution >= 0.6 is 0 Å². The van der Waals surface area contributed by atoms with Crippen molar-refractivity contribution in [3.8, 4) is 0 Å². The maximum Gasteiger partial charge on any atom is 0.322 e. The summed E-state index contributed by atoms with van der Waals surface area (Å²) in [6.45, 7) is 3.43. The molecule has 9 N–H and O–H groups in total. The minimum absolute atomic E-state index is 0.0375. The van der Waals surface area contributed by atoms with Crippen molar-refractivity contribution in [2.45, 2.75) is 57.7 Å². The maximum absolute atomic E-state index is 13.1. The molecule has 1 rings (SSSR count). The third kappa shape index (κ3) is 12.4. The summed E-state index contributed by atoms with van der Waals surface area (Å²) in [5.41, 5.74) is 11.7. The van der Waals surface area contributed by atoms with Gasteiger partial charge in [0.05, 0.1) is 6.04 Å². The molecule has 1 aromatic carbocycles. The minimum Gasteiger partial charge on any atom is -0.480 e. The Balaban J connectivity index is 2.88. The summed E-state index contributed by atoms with van der Waals surface area (Å²) >= 11 is 0. The first-order chi connectivity index (χ1) is 16.5. The molecule has 0 fully saturated rings. The van der Waals surface area contributed by atoms with E-state index in [2.05, 4.69) is 21.3 Å². The Morgan fingerprint density at radius 1 is 0.914 bits per heavy atom. The molecule has 0 bridgehead atoms. The van der Waals surface area contributed by atoms with Crippen LogP contribution in [-0.4, -0.2) is 66.0 Å². The summed E-state index contributed by atoms with van der Waals surface area (Å²) in [7, 11) is 0. The van der Waals surface area contributed by atoms with Crippen molar-refractivity contribution in [1.29, 1.82) is 0 Å². The Kier molecular flexibility index (Phi) is 12.8. The van der Waals surface area contributed by atoms with Crippen LogP contribution in [0.4, 0.5) is 4.79 Å². The molecule has 0 aromatic heterocycles. The van der Waals surface area contributed by atoms with Crippen LogP contribution in [0.15, 0.2) is 30.3 Å². The van der Waals surface area contributed by atoms with E-state index in [1.165, 1.54) is 0 Å². The fraction of sp³-hybridized carbons (Fsp3) is 0.522. The fourth-order valence-corrected chi connectivity index (χ4v) is 3.26. The summed E-state index contributed by atoms with van der Waals surface area (Å²) in [5.74, 6) is -2.96. The van der Waals surface area contributed by atoms with E-state index >= 15 is 0 Å². The summed E-state index contributed by atoms with van der Waals surface area (Å²) in [6.07, 6.45) is 1.10. The molecular formula is C23H36N6O6. The smallest absolute Gasteiger partial charge is 0.322 e. The fourth-order valence-electron chi connectivity index (χ4n) is 3.26. The van der Waals surface area contributed by atoms with Gasteiger partial charge in [-0.2, -0.15) is 0 Å². The molecule has 35 heavy (non-hydrogen) atoms. The lowest BCUT2D eigenvalue weighted by atomic mass is 10.0. The zero-order chi connectivity index (χ0) is 26.4. The Bertz CT molecular complexity index is 863. The average Bonchev–Trinajstić information content (AvgIpc) is 2.79. The molecule has 0 aliphatic heterocycles. The van der Waals surface area contributed by atoms with Crippen LogP contribution in [0.1, 0.15) is 38.7 Å². The Morgan fingerprint density at radius 2 is 1.54 bits per heavy atom. The molecule has 0 aliphatic rings. The monoisotopic (exact) mass is 492 g/mol. The number of benzene rings is 1. The molecule has 0 unspecified atom stereocenters. The molecule has 5 amide bonds. The number of primary amides is 1. The van der Waals surface area contributed by atoms with Crippen molar-refractivity contribution in [1.82, 2.24) is 21.3 Å². The third-order valence-electron chi connectivity index (χ3n) is 5.00. The highest BCUT2D eigenvalue weighted by atomic mass is 16.4. The highest BCUT2D eigenvalue weighted by Crippen LogP contribution is 2.09. The normalized spacial score (nSPS) is 13.3. The third-order valence-corrected chi connectivity index (χ3v) is 5.00. The van der Waals surface area contributed by atoms with Gasteiger partial charge in [0.25, 0.3) is 0 Å². The highest BCUT2D eigenvalue weighted by molar-refractivity contribution is 5.93. The van der Waals surface area contributed by atoms with Crippen molar-refractivity contribution in [2.24, 2.45) is 17.4 Å². The lowest BCUT2D eigenvalue weighted by Crippen LogP contribution is -2.56. The second-order valence-corrected chi connectivity index (χ2v) is 8.59. The van der Waals surface area contributed by atoms with Gasteiger partial charge in [-0.25, -0.2) is 4.79 Å². The van der Waals surface area contributed by atoms with Gasteiger partial charge in [0.1, 0.15) is 18.6 Å². The van der Waals surface area contributed by atoms with Crippen LogP contribution in [0, 0.1) is 5.92 Å². The SMILES string of the molecule is CC(C)C[C@H](NC(=O)[C@@H](N)CCCNC(N)=O)C(=O)N[C@@H](Cc1ccccc1)C(=O)NCC(=O)O. The van der Waals surface area contributed by atoms with E-state index in [1.54, 1.807) is 24.3 Å². The first kappa shape index (κ1) is 29.4. The molecule has 0 saturated carbocycles. The number of carboxylic acid groups (broad SMARTS) is 1.